The minimum absolute atomic E-state index is 0.120. The Morgan fingerprint density at radius 3 is 2.67 bits per heavy atom. The molecule has 112 valence electrons. The standard InChI is InChI=1S/C16H18O5/c1-4-21-16(19)15(18)11-7-6-10-12(20-3)8-5-9(2)13(10)14(11)17/h5,8,11H,4,6-7H2,1-3H3. The number of esters is 1. The normalized spacial score (nSPS) is 17.1. The predicted molar refractivity (Wildman–Crippen MR) is 75.5 cm³/mol. The lowest BCUT2D eigenvalue weighted by atomic mass is 9.78. The Kier molecular flexibility index (Phi) is 4.40. The lowest BCUT2D eigenvalue weighted by molar-refractivity contribution is -0.154. The van der Waals surface area contributed by atoms with Crippen molar-refractivity contribution in [1.82, 2.24) is 0 Å². The number of methoxy groups -OCH3 is 1. The highest BCUT2D eigenvalue weighted by molar-refractivity contribution is 6.39. The number of ketones is 2. The molecule has 1 aromatic rings. The third-order valence-electron chi connectivity index (χ3n) is 3.74. The molecule has 1 unspecified atom stereocenters. The Morgan fingerprint density at radius 2 is 2.05 bits per heavy atom. The predicted octanol–water partition coefficient (Wildman–Crippen LogP) is 1.88. The van der Waals surface area contributed by atoms with E-state index >= 15 is 0 Å². The fourth-order valence-corrected chi connectivity index (χ4v) is 2.72. The zero-order valence-electron chi connectivity index (χ0n) is 12.4. The first kappa shape index (κ1) is 15.2. The lowest BCUT2D eigenvalue weighted by Gasteiger charge is -2.24. The molecule has 0 saturated heterocycles. The monoisotopic (exact) mass is 290 g/mol. The quantitative estimate of drug-likeness (QED) is 0.481. The van der Waals surface area contributed by atoms with Gasteiger partial charge in [0, 0.05) is 11.1 Å². The highest BCUT2D eigenvalue weighted by Gasteiger charge is 2.38. The Labute approximate surface area is 123 Å². The van der Waals surface area contributed by atoms with Gasteiger partial charge in [0.25, 0.3) is 5.78 Å². The van der Waals surface area contributed by atoms with E-state index in [1.54, 1.807) is 20.1 Å². The van der Waals surface area contributed by atoms with Crippen LogP contribution in [0.15, 0.2) is 12.1 Å². The molecule has 2 rings (SSSR count). The molecule has 5 nitrogen and oxygen atoms in total. The van der Waals surface area contributed by atoms with Gasteiger partial charge >= 0.3 is 5.97 Å². The molecule has 0 bridgehead atoms. The molecule has 0 saturated carbocycles. The van der Waals surface area contributed by atoms with Crippen molar-refractivity contribution in [3.8, 4) is 5.75 Å². The van der Waals surface area contributed by atoms with Gasteiger partial charge in [0.15, 0.2) is 5.78 Å². The molecule has 1 aromatic carbocycles. The Bertz CT molecular complexity index is 603. The van der Waals surface area contributed by atoms with Crippen molar-refractivity contribution in [3.05, 3.63) is 28.8 Å². The van der Waals surface area contributed by atoms with Gasteiger partial charge in [-0.15, -0.1) is 0 Å². The number of benzene rings is 1. The molecule has 1 atom stereocenters. The highest BCUT2D eigenvalue weighted by atomic mass is 16.5. The zero-order chi connectivity index (χ0) is 15.6. The molecule has 1 aliphatic rings. The smallest absolute Gasteiger partial charge is 0.375 e. The second-order valence-corrected chi connectivity index (χ2v) is 4.98. The molecule has 0 amide bonds. The van der Waals surface area contributed by atoms with Crippen LogP contribution in [0.2, 0.25) is 0 Å². The van der Waals surface area contributed by atoms with E-state index in [9.17, 15) is 14.4 Å². The summed E-state index contributed by atoms with van der Waals surface area (Å²) >= 11 is 0. The van der Waals surface area contributed by atoms with Gasteiger partial charge in [-0.25, -0.2) is 4.79 Å². The Morgan fingerprint density at radius 1 is 1.33 bits per heavy atom. The van der Waals surface area contributed by atoms with Crippen LogP contribution in [0.1, 0.15) is 34.8 Å². The average molecular weight is 290 g/mol. The fourth-order valence-electron chi connectivity index (χ4n) is 2.72. The van der Waals surface area contributed by atoms with Gasteiger partial charge in [-0.1, -0.05) is 6.07 Å². The maximum atomic E-state index is 12.6. The van der Waals surface area contributed by atoms with Crippen molar-refractivity contribution in [2.24, 2.45) is 5.92 Å². The van der Waals surface area contributed by atoms with Crippen LogP contribution in [-0.2, 0) is 20.7 Å². The second kappa shape index (κ2) is 6.08. The summed E-state index contributed by atoms with van der Waals surface area (Å²) in [5.74, 6) is -2.30. The van der Waals surface area contributed by atoms with Crippen LogP contribution in [-0.4, -0.2) is 31.3 Å². The van der Waals surface area contributed by atoms with Crippen LogP contribution in [0, 0.1) is 12.8 Å². The Balaban J connectivity index is 2.37. The van der Waals surface area contributed by atoms with Gasteiger partial charge in [-0.3, -0.25) is 9.59 Å². The summed E-state index contributed by atoms with van der Waals surface area (Å²) in [5, 5.41) is 0. The highest BCUT2D eigenvalue weighted by Crippen LogP contribution is 2.34. The van der Waals surface area contributed by atoms with Crippen molar-refractivity contribution < 1.29 is 23.9 Å². The third-order valence-corrected chi connectivity index (χ3v) is 3.74. The number of carbonyl (C=O) groups is 3. The molecule has 0 spiro atoms. The lowest BCUT2D eigenvalue weighted by Crippen LogP contribution is -2.35. The number of aryl methyl sites for hydroxylation is 1. The van der Waals surface area contributed by atoms with Crippen molar-refractivity contribution in [3.63, 3.8) is 0 Å². The van der Waals surface area contributed by atoms with Crippen LogP contribution in [0.25, 0.3) is 0 Å². The number of Topliss-reactive ketones (excluding diaryl/α,β-unsaturated/α-hetero) is 2. The van der Waals surface area contributed by atoms with E-state index in [-0.39, 0.29) is 12.4 Å². The zero-order valence-corrected chi connectivity index (χ0v) is 12.4. The minimum Gasteiger partial charge on any atom is -0.496 e. The van der Waals surface area contributed by atoms with E-state index in [0.29, 0.717) is 24.2 Å². The van der Waals surface area contributed by atoms with E-state index in [0.717, 1.165) is 11.1 Å². The molecule has 0 aromatic heterocycles. The number of ether oxygens (including phenoxy) is 2. The summed E-state index contributed by atoms with van der Waals surface area (Å²) in [6.07, 6.45) is 0.838. The van der Waals surface area contributed by atoms with E-state index in [1.807, 2.05) is 13.0 Å². The Hall–Kier alpha value is -2.17. The van der Waals surface area contributed by atoms with Gasteiger partial charge in [0.2, 0.25) is 0 Å². The fraction of sp³-hybridized carbons (Fsp3) is 0.438. The van der Waals surface area contributed by atoms with Gasteiger partial charge < -0.3 is 9.47 Å². The minimum atomic E-state index is -0.942. The maximum Gasteiger partial charge on any atom is 0.375 e. The van der Waals surface area contributed by atoms with Crippen molar-refractivity contribution in [2.75, 3.05) is 13.7 Å². The maximum absolute atomic E-state index is 12.6. The van der Waals surface area contributed by atoms with Crippen molar-refractivity contribution in [2.45, 2.75) is 26.7 Å². The van der Waals surface area contributed by atoms with Crippen LogP contribution in [0.4, 0.5) is 0 Å². The number of hydrogen-bond acceptors (Lipinski definition) is 5. The van der Waals surface area contributed by atoms with Crippen molar-refractivity contribution in [1.29, 1.82) is 0 Å². The number of hydrogen-bond donors (Lipinski definition) is 0. The first-order chi connectivity index (χ1) is 10.0. The molecule has 0 heterocycles. The van der Waals surface area contributed by atoms with Crippen LogP contribution < -0.4 is 4.74 Å². The van der Waals surface area contributed by atoms with Crippen molar-refractivity contribution >= 4 is 17.5 Å². The van der Waals surface area contributed by atoms with Crippen LogP contribution >= 0.6 is 0 Å². The molecule has 1 aliphatic carbocycles. The first-order valence-electron chi connectivity index (χ1n) is 6.92. The third kappa shape index (κ3) is 2.68. The van der Waals surface area contributed by atoms with Gasteiger partial charge in [-0.2, -0.15) is 0 Å². The molecular weight excluding hydrogens is 272 g/mol. The van der Waals surface area contributed by atoms with Gasteiger partial charge in [0.1, 0.15) is 5.75 Å². The van der Waals surface area contributed by atoms with E-state index in [1.165, 1.54) is 0 Å². The van der Waals surface area contributed by atoms with E-state index < -0.39 is 17.7 Å². The molecular formula is C16H18O5. The van der Waals surface area contributed by atoms with Gasteiger partial charge in [0.05, 0.1) is 19.6 Å². The van der Waals surface area contributed by atoms with E-state index in [2.05, 4.69) is 0 Å². The average Bonchev–Trinajstić information content (AvgIpc) is 2.47. The second-order valence-electron chi connectivity index (χ2n) is 4.98. The molecule has 5 heteroatoms. The molecule has 0 fully saturated rings. The molecule has 21 heavy (non-hydrogen) atoms. The number of fused-ring (bicyclic) bond motifs is 1. The molecule has 0 N–H and O–H groups in total. The summed E-state index contributed by atoms with van der Waals surface area (Å²) in [6.45, 7) is 3.56. The number of carbonyl (C=O) groups excluding carboxylic acids is 3. The topological polar surface area (TPSA) is 69.7 Å². The van der Waals surface area contributed by atoms with Crippen LogP contribution in [0.3, 0.4) is 0 Å². The molecule has 0 radical (unpaired) electrons. The molecule has 0 aliphatic heterocycles. The largest absolute Gasteiger partial charge is 0.496 e. The number of rotatable bonds is 4. The first-order valence-corrected chi connectivity index (χ1v) is 6.92. The van der Waals surface area contributed by atoms with Gasteiger partial charge in [-0.05, 0) is 38.3 Å². The summed E-state index contributed by atoms with van der Waals surface area (Å²) in [5.41, 5.74) is 2.11. The SMILES string of the molecule is CCOC(=O)C(=O)C1CCc2c(OC)ccc(C)c2C1=O. The summed E-state index contributed by atoms with van der Waals surface area (Å²) in [6, 6.07) is 3.60. The van der Waals surface area contributed by atoms with Crippen LogP contribution in [0.5, 0.6) is 5.75 Å². The summed E-state index contributed by atoms with van der Waals surface area (Å²) < 4.78 is 9.97. The van der Waals surface area contributed by atoms with E-state index in [4.69, 9.17) is 9.47 Å². The summed E-state index contributed by atoms with van der Waals surface area (Å²) in [4.78, 5) is 36.2. The summed E-state index contributed by atoms with van der Waals surface area (Å²) in [7, 11) is 1.55.